The Balaban J connectivity index is 2.01. The number of benzene rings is 1. The van der Waals surface area contributed by atoms with Crippen molar-refractivity contribution >= 4 is 0 Å². The normalized spacial score (nSPS) is 26.1. The molecule has 1 aromatic rings. The zero-order chi connectivity index (χ0) is 12.4. The van der Waals surface area contributed by atoms with Crippen molar-refractivity contribution in [1.29, 1.82) is 0 Å². The number of rotatable bonds is 2. The molecule has 2 rings (SSSR count). The minimum absolute atomic E-state index is 0.301. The lowest BCUT2D eigenvalue weighted by Gasteiger charge is -2.34. The second-order valence-corrected chi connectivity index (χ2v) is 4.85. The van der Waals surface area contributed by atoms with E-state index in [4.69, 9.17) is 0 Å². The smallest absolute Gasteiger partial charge is 0.126 e. The maximum atomic E-state index is 13.0. The lowest BCUT2D eigenvalue weighted by Crippen LogP contribution is -2.42. The summed E-state index contributed by atoms with van der Waals surface area (Å²) >= 11 is 0. The van der Waals surface area contributed by atoms with Crippen LogP contribution < -0.4 is 0 Å². The van der Waals surface area contributed by atoms with Crippen LogP contribution in [0.2, 0.25) is 0 Å². The molecule has 0 radical (unpaired) electrons. The van der Waals surface area contributed by atoms with E-state index in [1.807, 2.05) is 11.8 Å². The third-order valence-corrected chi connectivity index (χ3v) is 3.33. The van der Waals surface area contributed by atoms with Gasteiger partial charge in [-0.15, -0.1) is 0 Å². The predicted molar refractivity (Wildman–Crippen MR) is 61.4 cm³/mol. The van der Waals surface area contributed by atoms with Crippen molar-refractivity contribution in [3.05, 3.63) is 35.4 Å². The van der Waals surface area contributed by atoms with Crippen LogP contribution in [0, 0.1) is 17.6 Å². The van der Waals surface area contributed by atoms with Gasteiger partial charge >= 0.3 is 0 Å². The van der Waals surface area contributed by atoms with Gasteiger partial charge in [0.1, 0.15) is 11.6 Å². The SMILES string of the molecule is C[C@@H]1CCN(Cc2cc(F)cc(F)c2)C[C@@H]1O. The van der Waals surface area contributed by atoms with E-state index in [9.17, 15) is 13.9 Å². The van der Waals surface area contributed by atoms with Crippen LogP contribution >= 0.6 is 0 Å². The first-order valence-corrected chi connectivity index (χ1v) is 5.90. The first kappa shape index (κ1) is 12.5. The molecule has 0 aromatic heterocycles. The Hall–Kier alpha value is -1.00. The highest BCUT2D eigenvalue weighted by molar-refractivity contribution is 5.17. The monoisotopic (exact) mass is 241 g/mol. The highest BCUT2D eigenvalue weighted by Gasteiger charge is 2.24. The second-order valence-electron chi connectivity index (χ2n) is 4.85. The number of hydrogen-bond donors (Lipinski definition) is 1. The van der Waals surface area contributed by atoms with E-state index in [0.717, 1.165) is 19.0 Å². The van der Waals surface area contributed by atoms with Gasteiger partial charge in [0.05, 0.1) is 6.10 Å². The number of nitrogens with zero attached hydrogens (tertiary/aromatic N) is 1. The maximum Gasteiger partial charge on any atom is 0.126 e. The molecule has 17 heavy (non-hydrogen) atoms. The van der Waals surface area contributed by atoms with Crippen LogP contribution in [0.5, 0.6) is 0 Å². The summed E-state index contributed by atoms with van der Waals surface area (Å²) in [6, 6.07) is 3.55. The number of piperidine rings is 1. The first-order valence-electron chi connectivity index (χ1n) is 5.90. The minimum atomic E-state index is -0.550. The summed E-state index contributed by atoms with van der Waals surface area (Å²) in [5.74, 6) is -0.799. The van der Waals surface area contributed by atoms with E-state index >= 15 is 0 Å². The van der Waals surface area contributed by atoms with Crippen molar-refractivity contribution in [3.63, 3.8) is 0 Å². The lowest BCUT2D eigenvalue weighted by molar-refractivity contribution is 0.0258. The molecular formula is C13H17F2NO. The van der Waals surface area contributed by atoms with E-state index in [0.29, 0.717) is 24.6 Å². The van der Waals surface area contributed by atoms with Crippen molar-refractivity contribution < 1.29 is 13.9 Å². The van der Waals surface area contributed by atoms with Crippen LogP contribution in [0.15, 0.2) is 18.2 Å². The Bertz CT molecular complexity index is 377. The zero-order valence-corrected chi connectivity index (χ0v) is 9.87. The molecule has 4 heteroatoms. The van der Waals surface area contributed by atoms with Gasteiger partial charge in [-0.3, -0.25) is 4.90 Å². The molecule has 2 nitrogen and oxygen atoms in total. The van der Waals surface area contributed by atoms with Crippen LogP contribution in [0.25, 0.3) is 0 Å². The molecule has 0 amide bonds. The van der Waals surface area contributed by atoms with Gasteiger partial charge in [-0.1, -0.05) is 6.92 Å². The molecule has 0 spiro atoms. The summed E-state index contributed by atoms with van der Waals surface area (Å²) < 4.78 is 26.0. The molecule has 94 valence electrons. The number of halogens is 2. The summed E-state index contributed by atoms with van der Waals surface area (Å²) in [5.41, 5.74) is 0.615. The molecule has 0 aliphatic carbocycles. The van der Waals surface area contributed by atoms with Gasteiger partial charge < -0.3 is 5.11 Å². The molecule has 0 unspecified atom stereocenters. The Morgan fingerprint density at radius 2 is 1.94 bits per heavy atom. The van der Waals surface area contributed by atoms with Gasteiger partial charge in [0.25, 0.3) is 0 Å². The average molecular weight is 241 g/mol. The highest BCUT2D eigenvalue weighted by atomic mass is 19.1. The average Bonchev–Trinajstić information content (AvgIpc) is 2.22. The molecule has 0 bridgehead atoms. The van der Waals surface area contributed by atoms with Crippen LogP contribution in [0.4, 0.5) is 8.78 Å². The summed E-state index contributed by atoms with van der Waals surface area (Å²) in [6.07, 6.45) is 0.570. The van der Waals surface area contributed by atoms with Gasteiger partial charge in [-0.2, -0.15) is 0 Å². The molecule has 1 aliphatic rings. The van der Waals surface area contributed by atoms with Gasteiger partial charge in [0.2, 0.25) is 0 Å². The molecule has 2 atom stereocenters. The van der Waals surface area contributed by atoms with E-state index in [1.54, 1.807) is 0 Å². The molecule has 1 heterocycles. The second kappa shape index (κ2) is 5.10. The number of β-amino-alcohol motifs (C(OH)–C–C–N with tert-alkyl or cyclic N) is 1. The molecule has 0 saturated carbocycles. The fourth-order valence-electron chi connectivity index (χ4n) is 2.22. The minimum Gasteiger partial charge on any atom is -0.392 e. The summed E-state index contributed by atoms with van der Waals surface area (Å²) in [7, 11) is 0. The third kappa shape index (κ3) is 3.23. The van der Waals surface area contributed by atoms with E-state index in [-0.39, 0.29) is 6.10 Å². The topological polar surface area (TPSA) is 23.5 Å². The standard InChI is InChI=1S/C13H17F2NO/c1-9-2-3-16(8-13(9)17)7-10-4-11(14)6-12(15)5-10/h4-6,9,13,17H,2-3,7-8H2,1H3/t9-,13+/m1/s1. The lowest BCUT2D eigenvalue weighted by atomic mass is 9.96. The summed E-state index contributed by atoms with van der Waals surface area (Å²) in [6.45, 7) is 3.93. The Kier molecular flexibility index (Phi) is 3.74. The van der Waals surface area contributed by atoms with Gasteiger partial charge in [-0.25, -0.2) is 8.78 Å². The van der Waals surface area contributed by atoms with Crippen molar-refractivity contribution in [2.45, 2.75) is 26.0 Å². The quantitative estimate of drug-likeness (QED) is 0.857. The molecular weight excluding hydrogens is 224 g/mol. The number of hydrogen-bond acceptors (Lipinski definition) is 2. The third-order valence-electron chi connectivity index (χ3n) is 3.33. The van der Waals surface area contributed by atoms with Gasteiger partial charge in [-0.05, 0) is 36.6 Å². The van der Waals surface area contributed by atoms with Crippen LogP contribution in [0.3, 0.4) is 0 Å². The maximum absolute atomic E-state index is 13.0. The van der Waals surface area contributed by atoms with Crippen LogP contribution in [0.1, 0.15) is 18.9 Å². The first-order chi connectivity index (χ1) is 8.04. The van der Waals surface area contributed by atoms with Crippen molar-refractivity contribution in [1.82, 2.24) is 4.90 Å². The van der Waals surface area contributed by atoms with Gasteiger partial charge in [0.15, 0.2) is 0 Å². The van der Waals surface area contributed by atoms with Crippen LogP contribution in [-0.4, -0.2) is 29.2 Å². The molecule has 1 aromatic carbocycles. The Morgan fingerprint density at radius 3 is 2.53 bits per heavy atom. The predicted octanol–water partition coefficient (Wildman–Crippen LogP) is 2.17. The number of aliphatic hydroxyl groups excluding tert-OH is 1. The fraction of sp³-hybridized carbons (Fsp3) is 0.538. The van der Waals surface area contributed by atoms with Crippen LogP contribution in [-0.2, 0) is 6.54 Å². The largest absolute Gasteiger partial charge is 0.392 e. The Morgan fingerprint density at radius 1 is 1.29 bits per heavy atom. The van der Waals surface area contributed by atoms with Crippen molar-refractivity contribution in [2.75, 3.05) is 13.1 Å². The molecule has 1 N–H and O–H groups in total. The van der Waals surface area contributed by atoms with Gasteiger partial charge in [0, 0.05) is 19.2 Å². The molecule has 1 fully saturated rings. The number of aliphatic hydroxyl groups is 1. The zero-order valence-electron chi connectivity index (χ0n) is 9.87. The van der Waals surface area contributed by atoms with Crippen molar-refractivity contribution in [2.24, 2.45) is 5.92 Å². The molecule has 1 aliphatic heterocycles. The van der Waals surface area contributed by atoms with E-state index in [2.05, 4.69) is 0 Å². The summed E-state index contributed by atoms with van der Waals surface area (Å²) in [4.78, 5) is 2.03. The van der Waals surface area contributed by atoms with E-state index in [1.165, 1.54) is 12.1 Å². The Labute approximate surface area is 99.9 Å². The van der Waals surface area contributed by atoms with E-state index < -0.39 is 11.6 Å². The summed E-state index contributed by atoms with van der Waals surface area (Å²) in [5, 5.41) is 9.75. The molecule has 1 saturated heterocycles. The number of likely N-dealkylation sites (tertiary alicyclic amines) is 1. The fourth-order valence-corrected chi connectivity index (χ4v) is 2.22. The highest BCUT2D eigenvalue weighted by Crippen LogP contribution is 2.19. The van der Waals surface area contributed by atoms with Crippen molar-refractivity contribution in [3.8, 4) is 0 Å².